The maximum Gasteiger partial charge on any atom is 0.278 e. The number of ether oxygens (including phenoxy) is 2. The molecule has 0 saturated heterocycles. The van der Waals surface area contributed by atoms with Crippen molar-refractivity contribution < 1.29 is 24.2 Å². The first-order valence-electron chi connectivity index (χ1n) is 12.5. The maximum atomic E-state index is 13.5. The third-order valence-corrected chi connectivity index (χ3v) is 6.94. The van der Waals surface area contributed by atoms with Crippen LogP contribution in [0, 0.1) is 6.92 Å². The minimum absolute atomic E-state index is 0.129. The number of methoxy groups -OCH3 is 1. The molecule has 3 heterocycles. The second kappa shape index (κ2) is 9.77. The molecule has 0 unspecified atom stereocenters. The molecule has 1 aliphatic heterocycles. The zero-order valence-corrected chi connectivity index (χ0v) is 21.5. The molecular weight excluding hydrogens is 496 g/mol. The van der Waals surface area contributed by atoms with E-state index in [0.717, 1.165) is 21.9 Å². The predicted molar refractivity (Wildman–Crippen MR) is 148 cm³/mol. The van der Waals surface area contributed by atoms with Crippen molar-refractivity contribution in [1.29, 1.82) is 0 Å². The van der Waals surface area contributed by atoms with Gasteiger partial charge < -0.3 is 29.2 Å². The SMILES string of the molecule is COCOc1ccc(C(=O)Nc2ccc3nc(C(=O)N4CCc5c4cc(O)c4cccc(C)c54)cn3c2)cc1. The van der Waals surface area contributed by atoms with Gasteiger partial charge in [0.25, 0.3) is 11.8 Å². The average molecular weight is 523 g/mol. The number of hydrogen-bond acceptors (Lipinski definition) is 6. The van der Waals surface area contributed by atoms with Crippen LogP contribution in [0.5, 0.6) is 11.5 Å². The predicted octanol–water partition coefficient (Wildman–Crippen LogP) is 4.94. The number of aromatic nitrogens is 2. The summed E-state index contributed by atoms with van der Waals surface area (Å²) in [4.78, 5) is 32.5. The van der Waals surface area contributed by atoms with Crippen LogP contribution in [0.4, 0.5) is 11.4 Å². The van der Waals surface area contributed by atoms with Gasteiger partial charge >= 0.3 is 0 Å². The Morgan fingerprint density at radius 2 is 1.90 bits per heavy atom. The number of phenolic OH excluding ortho intramolecular Hbond substituents is 1. The number of imidazole rings is 1. The summed E-state index contributed by atoms with van der Waals surface area (Å²) in [5, 5.41) is 15.3. The molecule has 1 aliphatic rings. The fourth-order valence-electron chi connectivity index (χ4n) is 5.09. The molecule has 3 aromatic carbocycles. The molecule has 0 radical (unpaired) electrons. The molecule has 9 heteroatoms. The van der Waals surface area contributed by atoms with Gasteiger partial charge in [-0.3, -0.25) is 9.59 Å². The van der Waals surface area contributed by atoms with Crippen LogP contribution < -0.4 is 15.0 Å². The van der Waals surface area contributed by atoms with E-state index in [1.165, 1.54) is 7.11 Å². The number of fused-ring (bicyclic) bond motifs is 4. The van der Waals surface area contributed by atoms with Gasteiger partial charge in [-0.05, 0) is 66.3 Å². The van der Waals surface area contributed by atoms with Gasteiger partial charge in [0, 0.05) is 43.1 Å². The Labute approximate surface area is 224 Å². The van der Waals surface area contributed by atoms with Crippen molar-refractivity contribution in [3.05, 3.63) is 95.4 Å². The van der Waals surface area contributed by atoms with E-state index in [0.29, 0.717) is 41.3 Å². The van der Waals surface area contributed by atoms with Gasteiger partial charge in [0.1, 0.15) is 22.8 Å². The van der Waals surface area contributed by atoms with E-state index in [2.05, 4.69) is 10.3 Å². The number of nitrogens with zero attached hydrogens (tertiary/aromatic N) is 3. The van der Waals surface area contributed by atoms with E-state index in [1.807, 2.05) is 25.1 Å². The highest BCUT2D eigenvalue weighted by atomic mass is 16.7. The number of aromatic hydroxyl groups is 1. The van der Waals surface area contributed by atoms with Crippen LogP contribution in [-0.2, 0) is 11.2 Å². The summed E-state index contributed by atoms with van der Waals surface area (Å²) in [6.07, 6.45) is 4.07. The van der Waals surface area contributed by atoms with Crippen molar-refractivity contribution in [2.24, 2.45) is 0 Å². The van der Waals surface area contributed by atoms with Crippen molar-refractivity contribution >= 4 is 39.6 Å². The van der Waals surface area contributed by atoms with Crippen molar-refractivity contribution in [3.8, 4) is 11.5 Å². The lowest BCUT2D eigenvalue weighted by atomic mass is 9.97. The van der Waals surface area contributed by atoms with Crippen molar-refractivity contribution in [2.45, 2.75) is 13.3 Å². The van der Waals surface area contributed by atoms with Crippen molar-refractivity contribution in [3.63, 3.8) is 0 Å². The van der Waals surface area contributed by atoms with E-state index < -0.39 is 0 Å². The highest BCUT2D eigenvalue weighted by Gasteiger charge is 2.30. The Morgan fingerprint density at radius 3 is 2.69 bits per heavy atom. The number of benzene rings is 3. The Bertz CT molecular complexity index is 1740. The molecule has 9 nitrogen and oxygen atoms in total. The molecule has 0 atom stereocenters. The minimum atomic E-state index is -0.278. The van der Waals surface area contributed by atoms with Crippen LogP contribution in [0.1, 0.15) is 32.0 Å². The Hall–Kier alpha value is -4.89. The van der Waals surface area contributed by atoms with E-state index in [4.69, 9.17) is 9.47 Å². The molecule has 196 valence electrons. The number of carbonyl (C=O) groups excluding carboxylic acids is 2. The van der Waals surface area contributed by atoms with Gasteiger partial charge in [-0.2, -0.15) is 0 Å². The molecule has 2 aromatic heterocycles. The summed E-state index contributed by atoms with van der Waals surface area (Å²) in [5.74, 6) is 0.232. The normalized spacial score (nSPS) is 12.6. The first-order chi connectivity index (χ1) is 18.9. The third kappa shape index (κ3) is 4.42. The van der Waals surface area contributed by atoms with Gasteiger partial charge in [0.15, 0.2) is 6.79 Å². The molecule has 0 spiro atoms. The van der Waals surface area contributed by atoms with Crippen LogP contribution >= 0.6 is 0 Å². The molecule has 0 bridgehead atoms. The number of nitrogens with one attached hydrogen (secondary N) is 1. The molecule has 0 fully saturated rings. The lowest BCUT2D eigenvalue weighted by Crippen LogP contribution is -2.29. The van der Waals surface area contributed by atoms with E-state index in [-0.39, 0.29) is 30.1 Å². The standard InChI is InChI=1S/C30H26N4O5/c1-18-4-3-5-23-26(35)14-25-22(28(18)23)12-13-34(25)30(37)24-16-33-15-20(8-11-27(33)32-24)31-29(36)19-6-9-21(10-7-19)39-17-38-2/h3-11,14-16,35H,12-13,17H2,1-2H3,(H,31,36). The van der Waals surface area contributed by atoms with Crippen molar-refractivity contribution in [2.75, 3.05) is 30.7 Å². The number of anilines is 2. The zero-order chi connectivity index (χ0) is 27.1. The topological polar surface area (TPSA) is 105 Å². The number of hydrogen-bond donors (Lipinski definition) is 2. The van der Waals surface area contributed by atoms with Crippen molar-refractivity contribution in [1.82, 2.24) is 9.38 Å². The van der Waals surface area contributed by atoms with E-state index >= 15 is 0 Å². The fraction of sp³-hybridized carbons (Fsp3) is 0.167. The monoisotopic (exact) mass is 522 g/mol. The molecule has 0 saturated carbocycles. The minimum Gasteiger partial charge on any atom is -0.507 e. The fourth-order valence-corrected chi connectivity index (χ4v) is 5.09. The molecule has 6 rings (SSSR count). The number of rotatable bonds is 6. The Morgan fingerprint density at radius 1 is 1.08 bits per heavy atom. The first kappa shape index (κ1) is 24.4. The average Bonchev–Trinajstić information content (AvgIpc) is 3.56. The van der Waals surface area contributed by atoms with Gasteiger partial charge in [0.05, 0.1) is 11.4 Å². The zero-order valence-electron chi connectivity index (χ0n) is 21.5. The van der Waals surface area contributed by atoms with Crippen LogP contribution in [0.15, 0.2) is 73.1 Å². The van der Waals surface area contributed by atoms with Gasteiger partial charge in [-0.25, -0.2) is 4.98 Å². The molecule has 0 aliphatic carbocycles. The largest absolute Gasteiger partial charge is 0.507 e. The van der Waals surface area contributed by atoms with Crippen LogP contribution in [0.2, 0.25) is 0 Å². The van der Waals surface area contributed by atoms with E-state index in [9.17, 15) is 14.7 Å². The van der Waals surface area contributed by atoms with Crippen LogP contribution in [-0.4, -0.2) is 46.8 Å². The molecule has 39 heavy (non-hydrogen) atoms. The molecule has 5 aromatic rings. The highest BCUT2D eigenvalue weighted by molar-refractivity contribution is 6.10. The number of pyridine rings is 1. The summed E-state index contributed by atoms with van der Waals surface area (Å²) in [5.41, 5.74) is 4.72. The second-order valence-electron chi connectivity index (χ2n) is 9.44. The maximum absolute atomic E-state index is 13.5. The summed E-state index contributed by atoms with van der Waals surface area (Å²) in [6.45, 7) is 2.65. The summed E-state index contributed by atoms with van der Waals surface area (Å²) >= 11 is 0. The first-order valence-corrected chi connectivity index (χ1v) is 12.5. The number of amides is 2. The third-order valence-electron chi connectivity index (χ3n) is 6.94. The molecule has 2 amide bonds. The van der Waals surface area contributed by atoms with Gasteiger partial charge in [-0.1, -0.05) is 18.2 Å². The quantitative estimate of drug-likeness (QED) is 0.306. The molecule has 2 N–H and O–H groups in total. The summed E-state index contributed by atoms with van der Waals surface area (Å²) in [6, 6.07) is 17.7. The van der Waals surface area contributed by atoms with Crippen LogP contribution in [0.3, 0.4) is 0 Å². The Kier molecular flexibility index (Phi) is 6.12. The summed E-state index contributed by atoms with van der Waals surface area (Å²) in [7, 11) is 1.54. The number of carbonyl (C=O) groups is 2. The lowest BCUT2D eigenvalue weighted by molar-refractivity contribution is 0.0511. The van der Waals surface area contributed by atoms with Gasteiger partial charge in [0.2, 0.25) is 0 Å². The smallest absolute Gasteiger partial charge is 0.278 e. The molecular formula is C30H26N4O5. The number of phenols is 1. The lowest BCUT2D eigenvalue weighted by Gasteiger charge is -2.17. The number of aryl methyl sites for hydroxylation is 1. The summed E-state index contributed by atoms with van der Waals surface area (Å²) < 4.78 is 11.9. The van der Waals surface area contributed by atoms with Gasteiger partial charge in [-0.15, -0.1) is 0 Å². The Balaban J connectivity index is 1.23. The second-order valence-corrected chi connectivity index (χ2v) is 9.44. The van der Waals surface area contributed by atoms with E-state index in [1.54, 1.807) is 64.2 Å². The van der Waals surface area contributed by atoms with Crippen LogP contribution in [0.25, 0.3) is 16.4 Å². The highest BCUT2D eigenvalue weighted by Crippen LogP contribution is 2.41.